The Bertz CT molecular complexity index is 814. The summed E-state index contributed by atoms with van der Waals surface area (Å²) in [6.45, 7) is 0.620. The zero-order valence-corrected chi connectivity index (χ0v) is 14.1. The van der Waals surface area contributed by atoms with Crippen molar-refractivity contribution >= 4 is 49.2 Å². The first-order valence-corrected chi connectivity index (χ1v) is 8.12. The van der Waals surface area contributed by atoms with E-state index in [-0.39, 0.29) is 12.5 Å². The highest BCUT2D eigenvalue weighted by molar-refractivity contribution is 9.10. The molecule has 1 N–H and O–H groups in total. The smallest absolute Gasteiger partial charge is 0.246 e. The second-order valence-electron chi connectivity index (χ2n) is 4.63. The molecule has 0 aliphatic carbocycles. The molecule has 22 heavy (non-hydrogen) atoms. The summed E-state index contributed by atoms with van der Waals surface area (Å²) in [6, 6.07) is 7.94. The number of carbonyl (C=O) groups excluding carboxylic acids is 1. The first-order chi connectivity index (χ1) is 10.7. The number of fused-ring (bicyclic) bond motifs is 1. The maximum Gasteiger partial charge on any atom is 0.246 e. The second-order valence-corrected chi connectivity index (χ2v) is 6.61. The Hall–Kier alpha value is -1.77. The van der Waals surface area contributed by atoms with Gasteiger partial charge in [-0.15, -0.1) is 10.2 Å². The average molecular weight is 381 g/mol. The topological polar surface area (TPSA) is 69.0 Å². The number of rotatable bonds is 5. The zero-order chi connectivity index (χ0) is 15.5. The number of amides is 1. The van der Waals surface area contributed by atoms with E-state index in [9.17, 15) is 4.79 Å². The van der Waals surface area contributed by atoms with E-state index < -0.39 is 0 Å². The minimum atomic E-state index is -0.138. The van der Waals surface area contributed by atoms with Gasteiger partial charge in [0.15, 0.2) is 0 Å². The third-order valence-electron chi connectivity index (χ3n) is 3.03. The zero-order valence-electron chi connectivity index (χ0n) is 11.7. The highest BCUT2D eigenvalue weighted by Gasteiger charge is 2.10. The van der Waals surface area contributed by atoms with Gasteiger partial charge in [-0.3, -0.25) is 10.1 Å². The molecule has 0 aliphatic rings. The molecule has 0 unspecified atom stereocenters. The molecule has 1 amide bonds. The fourth-order valence-corrected chi connectivity index (χ4v) is 3.22. The monoisotopic (exact) mass is 380 g/mol. The van der Waals surface area contributed by atoms with Gasteiger partial charge in [0.1, 0.15) is 18.2 Å². The Kier molecular flexibility index (Phi) is 4.51. The summed E-state index contributed by atoms with van der Waals surface area (Å²) in [6.07, 6.45) is 1.90. The number of hydrogen-bond donors (Lipinski definition) is 1. The summed E-state index contributed by atoms with van der Waals surface area (Å²) < 4.78 is 7.89. The summed E-state index contributed by atoms with van der Waals surface area (Å²) in [7, 11) is 1.59. The van der Waals surface area contributed by atoms with Gasteiger partial charge in [-0.05, 0) is 24.3 Å². The van der Waals surface area contributed by atoms with Crippen molar-refractivity contribution in [3.63, 3.8) is 0 Å². The van der Waals surface area contributed by atoms with E-state index in [4.69, 9.17) is 4.74 Å². The van der Waals surface area contributed by atoms with Gasteiger partial charge in [0.05, 0.1) is 0 Å². The summed E-state index contributed by atoms with van der Waals surface area (Å²) in [5.41, 5.74) is 1.01. The van der Waals surface area contributed by atoms with Crippen molar-refractivity contribution in [1.82, 2.24) is 14.8 Å². The molecule has 0 radical (unpaired) electrons. The Morgan fingerprint density at radius 1 is 1.41 bits per heavy atom. The molecule has 2 aromatic heterocycles. The normalized spacial score (nSPS) is 11.0. The van der Waals surface area contributed by atoms with Crippen LogP contribution in [0.2, 0.25) is 0 Å². The molecular formula is C14H13BrN4O2S. The van der Waals surface area contributed by atoms with Gasteiger partial charge in [-0.2, -0.15) is 0 Å². The molecule has 2 heterocycles. The largest absolute Gasteiger partial charge is 0.377 e. The molecule has 3 rings (SSSR count). The molecule has 0 atom stereocenters. The first-order valence-electron chi connectivity index (χ1n) is 6.51. The SMILES string of the molecule is COCc1nnc(NC(=O)Cn2ccc3cc(Br)ccc32)s1. The van der Waals surface area contributed by atoms with Gasteiger partial charge in [-0.1, -0.05) is 27.3 Å². The fraction of sp³-hybridized carbons (Fsp3) is 0.214. The maximum atomic E-state index is 12.1. The molecule has 0 saturated heterocycles. The predicted octanol–water partition coefficient (Wildman–Crippen LogP) is 3.04. The van der Waals surface area contributed by atoms with Crippen LogP contribution in [-0.2, 0) is 22.7 Å². The van der Waals surface area contributed by atoms with Gasteiger partial charge >= 0.3 is 0 Å². The Morgan fingerprint density at radius 2 is 2.27 bits per heavy atom. The van der Waals surface area contributed by atoms with Crippen molar-refractivity contribution < 1.29 is 9.53 Å². The number of ether oxygens (including phenoxy) is 1. The number of methoxy groups -OCH3 is 1. The van der Waals surface area contributed by atoms with Crippen LogP contribution >= 0.6 is 27.3 Å². The lowest BCUT2D eigenvalue weighted by atomic mass is 10.2. The van der Waals surface area contributed by atoms with Gasteiger partial charge in [0.25, 0.3) is 0 Å². The number of nitrogens with zero attached hydrogens (tertiary/aromatic N) is 3. The van der Waals surface area contributed by atoms with E-state index in [0.717, 1.165) is 20.4 Å². The Labute approximate surface area is 139 Å². The molecule has 114 valence electrons. The van der Waals surface area contributed by atoms with Crippen LogP contribution in [0.15, 0.2) is 34.9 Å². The molecule has 0 saturated carbocycles. The average Bonchev–Trinajstić information content (AvgIpc) is 3.07. The van der Waals surface area contributed by atoms with E-state index in [1.807, 2.05) is 35.0 Å². The third-order valence-corrected chi connectivity index (χ3v) is 4.33. The predicted molar refractivity (Wildman–Crippen MR) is 88.9 cm³/mol. The number of hydrogen-bond acceptors (Lipinski definition) is 5. The molecule has 8 heteroatoms. The number of halogens is 1. The quantitative estimate of drug-likeness (QED) is 0.738. The van der Waals surface area contributed by atoms with Crippen molar-refractivity contribution in [3.05, 3.63) is 39.9 Å². The van der Waals surface area contributed by atoms with Crippen LogP contribution in [0.4, 0.5) is 5.13 Å². The van der Waals surface area contributed by atoms with Crippen LogP contribution in [0.5, 0.6) is 0 Å². The Morgan fingerprint density at radius 3 is 3.09 bits per heavy atom. The molecule has 0 bridgehead atoms. The van der Waals surface area contributed by atoms with Crippen molar-refractivity contribution in [1.29, 1.82) is 0 Å². The summed E-state index contributed by atoms with van der Waals surface area (Å²) >= 11 is 4.75. The van der Waals surface area contributed by atoms with Crippen LogP contribution in [-0.4, -0.2) is 27.8 Å². The Balaban J connectivity index is 1.70. The highest BCUT2D eigenvalue weighted by Crippen LogP contribution is 2.21. The molecule has 6 nitrogen and oxygen atoms in total. The fourth-order valence-electron chi connectivity index (χ4n) is 2.11. The van der Waals surface area contributed by atoms with Crippen molar-refractivity contribution in [2.24, 2.45) is 0 Å². The van der Waals surface area contributed by atoms with E-state index in [1.54, 1.807) is 7.11 Å². The third kappa shape index (κ3) is 3.34. The van der Waals surface area contributed by atoms with Crippen molar-refractivity contribution in [2.45, 2.75) is 13.2 Å². The van der Waals surface area contributed by atoms with Gasteiger partial charge in [0, 0.05) is 28.7 Å². The summed E-state index contributed by atoms with van der Waals surface area (Å²) in [4.78, 5) is 12.1. The number of carbonyl (C=O) groups is 1. The number of anilines is 1. The van der Waals surface area contributed by atoms with Gasteiger partial charge < -0.3 is 9.30 Å². The molecular weight excluding hydrogens is 368 g/mol. The summed E-state index contributed by atoms with van der Waals surface area (Å²) in [5, 5.41) is 12.9. The number of nitrogens with one attached hydrogen (secondary N) is 1. The minimum Gasteiger partial charge on any atom is -0.377 e. The number of aromatic nitrogens is 3. The summed E-state index contributed by atoms with van der Waals surface area (Å²) in [5.74, 6) is -0.138. The number of benzene rings is 1. The van der Waals surface area contributed by atoms with Crippen molar-refractivity contribution in [3.8, 4) is 0 Å². The standard InChI is InChI=1S/C14H13BrN4O2S/c1-21-8-13-17-18-14(22-13)16-12(20)7-19-5-4-9-6-10(15)2-3-11(9)19/h2-6H,7-8H2,1H3,(H,16,18,20). The highest BCUT2D eigenvalue weighted by atomic mass is 79.9. The lowest BCUT2D eigenvalue weighted by Gasteiger charge is -2.05. The lowest BCUT2D eigenvalue weighted by Crippen LogP contribution is -2.18. The maximum absolute atomic E-state index is 12.1. The van der Waals surface area contributed by atoms with Crippen LogP contribution < -0.4 is 5.32 Å². The van der Waals surface area contributed by atoms with E-state index in [0.29, 0.717) is 11.7 Å². The van der Waals surface area contributed by atoms with Crippen molar-refractivity contribution in [2.75, 3.05) is 12.4 Å². The van der Waals surface area contributed by atoms with Crippen LogP contribution in [0.3, 0.4) is 0 Å². The molecule has 3 aromatic rings. The lowest BCUT2D eigenvalue weighted by molar-refractivity contribution is -0.116. The van der Waals surface area contributed by atoms with Crippen LogP contribution in [0, 0.1) is 0 Å². The van der Waals surface area contributed by atoms with E-state index >= 15 is 0 Å². The van der Waals surface area contributed by atoms with Gasteiger partial charge in [-0.25, -0.2) is 0 Å². The second kappa shape index (κ2) is 6.55. The van der Waals surface area contributed by atoms with Crippen LogP contribution in [0.25, 0.3) is 10.9 Å². The minimum absolute atomic E-state index is 0.138. The van der Waals surface area contributed by atoms with Crippen LogP contribution in [0.1, 0.15) is 5.01 Å². The van der Waals surface area contributed by atoms with E-state index in [1.165, 1.54) is 11.3 Å². The molecule has 1 aromatic carbocycles. The molecule has 0 spiro atoms. The van der Waals surface area contributed by atoms with Gasteiger partial charge in [0.2, 0.25) is 11.0 Å². The molecule has 0 aliphatic heterocycles. The van der Waals surface area contributed by atoms with E-state index in [2.05, 4.69) is 31.4 Å². The molecule has 0 fully saturated rings. The first kappa shape index (κ1) is 15.1.